The highest BCUT2D eigenvalue weighted by Gasteiger charge is 2.50. The van der Waals surface area contributed by atoms with Crippen molar-refractivity contribution in [2.45, 2.75) is 97.1 Å². The third kappa shape index (κ3) is 4.36. The summed E-state index contributed by atoms with van der Waals surface area (Å²) in [7, 11) is 0. The van der Waals surface area contributed by atoms with Crippen molar-refractivity contribution in [3.8, 4) is 0 Å². The molecule has 2 heterocycles. The lowest BCUT2D eigenvalue weighted by molar-refractivity contribution is 0.0402. The Hall–Kier alpha value is -0.0800. The van der Waals surface area contributed by atoms with Crippen LogP contribution in [0.3, 0.4) is 0 Å². The van der Waals surface area contributed by atoms with Crippen molar-refractivity contribution >= 4 is 0 Å². The average Bonchev–Trinajstić information content (AvgIpc) is 3.15. The zero-order valence-corrected chi connectivity index (χ0v) is 17.1. The molecule has 0 aromatic heterocycles. The van der Waals surface area contributed by atoms with E-state index in [9.17, 15) is 0 Å². The summed E-state index contributed by atoms with van der Waals surface area (Å²) in [5.74, 6) is 2.64. The van der Waals surface area contributed by atoms with E-state index < -0.39 is 0 Å². The fraction of sp³-hybridized carbons (Fsp3) is 1.00. The standard InChI is InChI=1S/C22H42N2/c1-18(2)15-21(4,5)24-11-6-8-20(17-24)14-19(3)16-22(9-10-22)23-12-7-13-23/h18-20H,6-17H2,1-5H3. The molecule has 24 heavy (non-hydrogen) atoms. The first kappa shape index (κ1) is 18.7. The molecule has 2 atom stereocenters. The molecule has 0 radical (unpaired) electrons. The fourth-order valence-corrected chi connectivity index (χ4v) is 5.82. The Labute approximate surface area is 151 Å². The number of rotatable bonds is 8. The van der Waals surface area contributed by atoms with Gasteiger partial charge in [-0.05, 0) is 103 Å². The van der Waals surface area contributed by atoms with E-state index in [-0.39, 0.29) is 0 Å². The van der Waals surface area contributed by atoms with Gasteiger partial charge in [-0.3, -0.25) is 9.80 Å². The number of hydrogen-bond donors (Lipinski definition) is 0. The molecule has 140 valence electrons. The van der Waals surface area contributed by atoms with Crippen molar-refractivity contribution in [1.29, 1.82) is 0 Å². The molecule has 0 aromatic rings. The van der Waals surface area contributed by atoms with Gasteiger partial charge < -0.3 is 0 Å². The zero-order valence-electron chi connectivity index (χ0n) is 17.1. The molecule has 2 aliphatic heterocycles. The van der Waals surface area contributed by atoms with E-state index in [1.54, 1.807) is 0 Å². The second-order valence-corrected chi connectivity index (χ2v) is 10.5. The first-order valence-electron chi connectivity index (χ1n) is 10.8. The lowest BCUT2D eigenvalue weighted by Crippen LogP contribution is -2.50. The SMILES string of the molecule is CC(C)CC(C)(C)N1CCCC(CC(C)CC2(N3CCC3)CC2)C1. The van der Waals surface area contributed by atoms with Gasteiger partial charge in [-0.15, -0.1) is 0 Å². The number of likely N-dealkylation sites (tertiary alicyclic amines) is 2. The van der Waals surface area contributed by atoms with Crippen molar-refractivity contribution in [2.24, 2.45) is 17.8 Å². The van der Waals surface area contributed by atoms with Gasteiger partial charge in [-0.1, -0.05) is 20.8 Å². The van der Waals surface area contributed by atoms with E-state index in [2.05, 4.69) is 44.4 Å². The van der Waals surface area contributed by atoms with Crippen LogP contribution in [0.4, 0.5) is 0 Å². The van der Waals surface area contributed by atoms with Crippen molar-refractivity contribution in [3.63, 3.8) is 0 Å². The molecule has 2 unspecified atom stereocenters. The number of hydrogen-bond acceptors (Lipinski definition) is 2. The largest absolute Gasteiger partial charge is 0.298 e. The Bertz CT molecular complexity index is 406. The van der Waals surface area contributed by atoms with Gasteiger partial charge in [0, 0.05) is 17.6 Å². The van der Waals surface area contributed by atoms with E-state index in [4.69, 9.17) is 0 Å². The van der Waals surface area contributed by atoms with Gasteiger partial charge in [0.25, 0.3) is 0 Å². The van der Waals surface area contributed by atoms with Crippen LogP contribution in [-0.4, -0.2) is 47.1 Å². The molecular formula is C22H42N2. The lowest BCUT2D eigenvalue weighted by atomic mass is 9.82. The average molecular weight is 335 g/mol. The Balaban J connectivity index is 1.48. The van der Waals surface area contributed by atoms with Crippen molar-refractivity contribution in [2.75, 3.05) is 26.2 Å². The fourth-order valence-electron chi connectivity index (χ4n) is 5.82. The summed E-state index contributed by atoms with van der Waals surface area (Å²) in [6.07, 6.45) is 11.5. The minimum absolute atomic E-state index is 0.380. The van der Waals surface area contributed by atoms with E-state index in [0.717, 1.165) is 17.8 Å². The highest BCUT2D eigenvalue weighted by atomic mass is 15.3. The highest BCUT2D eigenvalue weighted by Crippen LogP contribution is 2.49. The maximum absolute atomic E-state index is 2.82. The molecule has 1 saturated carbocycles. The van der Waals surface area contributed by atoms with Crippen LogP contribution in [0, 0.1) is 17.8 Å². The summed E-state index contributed by atoms with van der Waals surface area (Å²) >= 11 is 0. The third-order valence-corrected chi connectivity index (χ3v) is 7.10. The minimum atomic E-state index is 0.380. The van der Waals surface area contributed by atoms with Crippen LogP contribution in [0.25, 0.3) is 0 Å². The molecule has 0 bridgehead atoms. The Morgan fingerprint density at radius 2 is 1.75 bits per heavy atom. The lowest BCUT2D eigenvalue weighted by Gasteiger charge is -2.45. The summed E-state index contributed by atoms with van der Waals surface area (Å²) in [6.45, 7) is 17.7. The molecule has 3 aliphatic rings. The summed E-state index contributed by atoms with van der Waals surface area (Å²) in [4.78, 5) is 5.61. The second kappa shape index (κ2) is 7.27. The van der Waals surface area contributed by atoms with Crippen molar-refractivity contribution in [1.82, 2.24) is 9.80 Å². The number of piperidine rings is 1. The molecular weight excluding hydrogens is 292 g/mol. The second-order valence-electron chi connectivity index (χ2n) is 10.5. The predicted octanol–water partition coefficient (Wildman–Crippen LogP) is 5.18. The van der Waals surface area contributed by atoms with Crippen LogP contribution >= 0.6 is 0 Å². The molecule has 2 saturated heterocycles. The Kier molecular flexibility index (Phi) is 5.67. The van der Waals surface area contributed by atoms with Crippen LogP contribution < -0.4 is 0 Å². The van der Waals surface area contributed by atoms with E-state index >= 15 is 0 Å². The van der Waals surface area contributed by atoms with Gasteiger partial charge in [0.15, 0.2) is 0 Å². The molecule has 2 heteroatoms. The summed E-state index contributed by atoms with van der Waals surface area (Å²) in [5, 5.41) is 0. The smallest absolute Gasteiger partial charge is 0.0213 e. The van der Waals surface area contributed by atoms with Crippen LogP contribution in [0.1, 0.15) is 86.0 Å². The number of nitrogens with zero attached hydrogens (tertiary/aromatic N) is 2. The van der Waals surface area contributed by atoms with Crippen LogP contribution in [0.5, 0.6) is 0 Å². The maximum atomic E-state index is 2.82. The van der Waals surface area contributed by atoms with Crippen molar-refractivity contribution < 1.29 is 0 Å². The quantitative estimate of drug-likeness (QED) is 0.603. The first-order valence-corrected chi connectivity index (χ1v) is 10.8. The van der Waals surface area contributed by atoms with E-state index in [1.807, 2.05) is 0 Å². The molecule has 2 nitrogen and oxygen atoms in total. The van der Waals surface area contributed by atoms with E-state index in [1.165, 1.54) is 77.5 Å². The zero-order chi connectivity index (χ0) is 17.4. The maximum Gasteiger partial charge on any atom is 0.0213 e. The van der Waals surface area contributed by atoms with Gasteiger partial charge in [-0.25, -0.2) is 0 Å². The molecule has 0 N–H and O–H groups in total. The normalized spacial score (nSPS) is 29.5. The summed E-state index contributed by atoms with van der Waals surface area (Å²) in [5.41, 5.74) is 1.04. The third-order valence-electron chi connectivity index (χ3n) is 7.10. The summed E-state index contributed by atoms with van der Waals surface area (Å²) < 4.78 is 0. The van der Waals surface area contributed by atoms with Crippen LogP contribution in [0.2, 0.25) is 0 Å². The topological polar surface area (TPSA) is 6.48 Å². The molecule has 0 spiro atoms. The van der Waals surface area contributed by atoms with Crippen LogP contribution in [-0.2, 0) is 0 Å². The highest BCUT2D eigenvalue weighted by molar-refractivity contribution is 5.06. The first-order chi connectivity index (χ1) is 11.3. The molecule has 3 fully saturated rings. The van der Waals surface area contributed by atoms with E-state index in [0.29, 0.717) is 11.1 Å². The molecule has 0 aromatic carbocycles. The van der Waals surface area contributed by atoms with Crippen molar-refractivity contribution in [3.05, 3.63) is 0 Å². The van der Waals surface area contributed by atoms with Gasteiger partial charge in [-0.2, -0.15) is 0 Å². The van der Waals surface area contributed by atoms with Crippen LogP contribution in [0.15, 0.2) is 0 Å². The molecule has 1 aliphatic carbocycles. The minimum Gasteiger partial charge on any atom is -0.298 e. The Morgan fingerprint density at radius 3 is 2.29 bits per heavy atom. The predicted molar refractivity (Wildman–Crippen MR) is 104 cm³/mol. The van der Waals surface area contributed by atoms with Gasteiger partial charge in [0.05, 0.1) is 0 Å². The van der Waals surface area contributed by atoms with Gasteiger partial charge >= 0.3 is 0 Å². The monoisotopic (exact) mass is 334 g/mol. The van der Waals surface area contributed by atoms with Gasteiger partial charge in [0.2, 0.25) is 0 Å². The Morgan fingerprint density at radius 1 is 1.04 bits per heavy atom. The summed E-state index contributed by atoms with van der Waals surface area (Å²) in [6, 6.07) is 0. The molecule has 0 amide bonds. The molecule has 3 rings (SSSR count). The van der Waals surface area contributed by atoms with Gasteiger partial charge in [0.1, 0.15) is 0 Å².